The Morgan fingerprint density at radius 1 is 0.574 bits per heavy atom. The lowest BCUT2D eigenvalue weighted by Crippen LogP contribution is -2.37. The first-order valence-electron chi connectivity index (χ1n) is 22.6. The van der Waals surface area contributed by atoms with E-state index in [0.717, 1.165) is 51.4 Å². The minimum absolute atomic E-state index is 0.0258. The lowest BCUT2D eigenvalue weighted by atomic mass is 10.0. The third kappa shape index (κ3) is 42.1. The average Bonchev–Trinajstić information content (AvgIpc) is 3.12. The molecule has 0 fully saturated rings. The van der Waals surface area contributed by atoms with Crippen LogP contribution >= 0.6 is 7.82 Å². The van der Waals surface area contributed by atoms with E-state index in [-0.39, 0.29) is 25.8 Å². The number of likely N-dealkylation sites (N-methyl/N-ethyl adjacent to an activating group) is 1. The Morgan fingerprint density at radius 3 is 1.56 bits per heavy atom. The normalized spacial score (nSPS) is 14.0. The minimum Gasteiger partial charge on any atom is -0.756 e. The van der Waals surface area contributed by atoms with Crippen LogP contribution in [0.4, 0.5) is 0 Å². The highest BCUT2D eigenvalue weighted by Gasteiger charge is 2.20. The first-order chi connectivity index (χ1) is 26.1. The van der Waals surface area contributed by atoms with Crippen molar-refractivity contribution in [1.29, 1.82) is 0 Å². The van der Waals surface area contributed by atoms with Gasteiger partial charge in [0.1, 0.15) is 19.3 Å². The van der Waals surface area contributed by atoms with E-state index in [0.29, 0.717) is 24.1 Å². The Balaban J connectivity index is 4.21. The van der Waals surface area contributed by atoms with Crippen LogP contribution < -0.4 is 4.89 Å². The maximum atomic E-state index is 12.7. The maximum Gasteiger partial charge on any atom is 0.306 e. The Hall–Kier alpha value is -1.02. The topological polar surface area (TPSA) is 94.1 Å². The Morgan fingerprint density at radius 2 is 1.04 bits per heavy atom. The highest BCUT2D eigenvalue weighted by Crippen LogP contribution is 2.38. The summed E-state index contributed by atoms with van der Waals surface area (Å²) in [5.41, 5.74) is 0. The van der Waals surface area contributed by atoms with Crippen LogP contribution in [0.15, 0.2) is 24.3 Å². The monoisotopic (exact) mass is 786 g/mol. The Bertz CT molecular complexity index is 920. The second kappa shape index (κ2) is 38.8. The van der Waals surface area contributed by atoms with E-state index in [9.17, 15) is 14.3 Å². The van der Waals surface area contributed by atoms with Crippen molar-refractivity contribution in [3.8, 4) is 0 Å². The zero-order chi connectivity index (χ0) is 39.9. The summed E-state index contributed by atoms with van der Waals surface area (Å²) in [5, 5.41) is 0. The fourth-order valence-corrected chi connectivity index (χ4v) is 6.94. The molecule has 0 aliphatic carbocycles. The largest absolute Gasteiger partial charge is 0.756 e. The number of nitrogens with zero attached hydrogens (tertiary/aromatic N) is 1. The smallest absolute Gasteiger partial charge is 0.306 e. The zero-order valence-corrected chi connectivity index (χ0v) is 37.1. The van der Waals surface area contributed by atoms with Gasteiger partial charge in [-0.3, -0.25) is 9.36 Å². The molecule has 0 radical (unpaired) electrons. The number of phosphoric acid groups is 1. The fraction of sp³-hybridized carbons (Fsp3) is 0.889. The molecule has 0 bridgehead atoms. The van der Waals surface area contributed by atoms with Crippen molar-refractivity contribution in [2.24, 2.45) is 0 Å². The van der Waals surface area contributed by atoms with E-state index in [4.69, 9.17) is 18.5 Å². The number of quaternary nitrogens is 1. The fourth-order valence-electron chi connectivity index (χ4n) is 6.21. The van der Waals surface area contributed by atoms with Crippen molar-refractivity contribution in [3.05, 3.63) is 24.3 Å². The molecule has 0 amide bonds. The minimum atomic E-state index is -4.52. The number of allylic oxidation sites excluding steroid dienone is 4. The second-order valence-electron chi connectivity index (χ2n) is 16.4. The molecule has 54 heavy (non-hydrogen) atoms. The lowest BCUT2D eigenvalue weighted by molar-refractivity contribution is -0.870. The number of hydrogen-bond acceptors (Lipinski definition) is 7. The van der Waals surface area contributed by atoms with Crippen LogP contribution in [0.3, 0.4) is 0 Å². The number of unbranched alkanes of at least 4 members (excludes halogenated alkanes) is 24. The first-order valence-corrected chi connectivity index (χ1v) is 24.0. The molecule has 0 aliphatic rings. The molecule has 0 saturated carbocycles. The number of carbonyl (C=O) groups excluding carboxylic acids is 1. The van der Waals surface area contributed by atoms with Crippen LogP contribution in [0.2, 0.25) is 0 Å². The van der Waals surface area contributed by atoms with Gasteiger partial charge in [-0.25, -0.2) is 0 Å². The van der Waals surface area contributed by atoms with Gasteiger partial charge in [0, 0.05) is 13.0 Å². The van der Waals surface area contributed by atoms with Gasteiger partial charge in [-0.2, -0.15) is 0 Å². The van der Waals surface area contributed by atoms with Crippen molar-refractivity contribution >= 4 is 13.8 Å². The van der Waals surface area contributed by atoms with E-state index >= 15 is 0 Å². The number of rotatable bonds is 42. The molecular weight excluding hydrogens is 697 g/mol. The summed E-state index contributed by atoms with van der Waals surface area (Å²) in [5.74, 6) is -0.335. The molecule has 0 saturated heterocycles. The lowest BCUT2D eigenvalue weighted by Gasteiger charge is -2.28. The van der Waals surface area contributed by atoms with Crippen molar-refractivity contribution < 1.29 is 37.3 Å². The van der Waals surface area contributed by atoms with Gasteiger partial charge in [0.05, 0.1) is 34.4 Å². The maximum absolute atomic E-state index is 12.7. The third-order valence-electron chi connectivity index (χ3n) is 9.76. The second-order valence-corrected chi connectivity index (χ2v) is 17.8. The average molecular weight is 786 g/mol. The van der Waals surface area contributed by atoms with E-state index in [1.54, 1.807) is 0 Å². The Kier molecular flexibility index (Phi) is 38.1. The first kappa shape index (κ1) is 53.0. The number of esters is 1. The summed E-state index contributed by atoms with van der Waals surface area (Å²) >= 11 is 0. The summed E-state index contributed by atoms with van der Waals surface area (Å²) in [4.78, 5) is 25.1. The van der Waals surface area contributed by atoms with Crippen molar-refractivity contribution in [3.63, 3.8) is 0 Å². The van der Waals surface area contributed by atoms with Crippen molar-refractivity contribution in [2.45, 2.75) is 206 Å². The molecule has 8 nitrogen and oxygen atoms in total. The van der Waals surface area contributed by atoms with Crippen LogP contribution in [-0.2, 0) is 27.9 Å². The quantitative estimate of drug-likeness (QED) is 0.0200. The van der Waals surface area contributed by atoms with Crippen LogP contribution in [0, 0.1) is 0 Å². The third-order valence-corrected chi connectivity index (χ3v) is 10.7. The van der Waals surface area contributed by atoms with Gasteiger partial charge in [0.2, 0.25) is 0 Å². The number of carbonyl (C=O) groups is 1. The number of phosphoric ester groups is 1. The SMILES string of the molecule is CCCC/C=C\C/C=C\CCCCCCCCOCC(COP(=O)([O-])OCC[N+](C)(C)C)OC(=O)CCCCCCCCCCCCCCCCCCC. The van der Waals surface area contributed by atoms with Crippen molar-refractivity contribution in [1.82, 2.24) is 0 Å². The van der Waals surface area contributed by atoms with E-state index < -0.39 is 13.9 Å². The molecule has 0 aromatic rings. The standard InChI is InChI=1S/C45H88NO7P/c1-6-8-10-12-14-16-18-20-22-23-24-26-28-30-32-34-36-38-45(47)53-44(43-52-54(48,49)51-41-39-46(3,4)5)42-50-40-37-35-33-31-29-27-25-21-19-17-15-13-11-9-7-2/h13,15,19,21,44H,6-12,14,16-18,20,22-43H2,1-5H3/b15-13-,21-19-. The van der Waals surface area contributed by atoms with Gasteiger partial charge in [-0.15, -0.1) is 0 Å². The molecular formula is C45H88NO7P. The predicted octanol–water partition coefficient (Wildman–Crippen LogP) is 12.6. The van der Waals surface area contributed by atoms with Gasteiger partial charge in [-0.05, 0) is 38.5 Å². The summed E-state index contributed by atoms with van der Waals surface area (Å²) in [6.07, 6.45) is 43.3. The molecule has 0 rings (SSSR count). The van der Waals surface area contributed by atoms with Gasteiger partial charge in [-0.1, -0.05) is 179 Å². The highest BCUT2D eigenvalue weighted by molar-refractivity contribution is 7.45. The van der Waals surface area contributed by atoms with Crippen LogP contribution in [0.1, 0.15) is 200 Å². The highest BCUT2D eigenvalue weighted by atomic mass is 31.2. The molecule has 320 valence electrons. The van der Waals surface area contributed by atoms with Gasteiger partial charge < -0.3 is 27.9 Å². The molecule has 0 heterocycles. The molecule has 0 N–H and O–H groups in total. The summed E-state index contributed by atoms with van der Waals surface area (Å²) in [6.45, 7) is 5.38. The van der Waals surface area contributed by atoms with Crippen LogP contribution in [-0.4, -0.2) is 70.7 Å². The molecule has 2 unspecified atom stereocenters. The molecule has 0 aromatic heterocycles. The summed E-state index contributed by atoms with van der Waals surface area (Å²) < 4.78 is 34.6. The van der Waals surface area contributed by atoms with Gasteiger partial charge >= 0.3 is 5.97 Å². The molecule has 0 aromatic carbocycles. The van der Waals surface area contributed by atoms with E-state index in [2.05, 4.69) is 38.2 Å². The molecule has 9 heteroatoms. The summed E-state index contributed by atoms with van der Waals surface area (Å²) in [6, 6.07) is 0. The Labute approximate surface area is 334 Å². The number of ether oxygens (including phenoxy) is 2. The zero-order valence-electron chi connectivity index (χ0n) is 36.2. The van der Waals surface area contributed by atoms with Crippen LogP contribution in [0.5, 0.6) is 0 Å². The van der Waals surface area contributed by atoms with Gasteiger partial charge in [0.25, 0.3) is 7.82 Å². The van der Waals surface area contributed by atoms with Crippen molar-refractivity contribution in [2.75, 3.05) is 54.1 Å². The van der Waals surface area contributed by atoms with Crippen LogP contribution in [0.25, 0.3) is 0 Å². The molecule has 2 atom stereocenters. The number of hydrogen-bond donors (Lipinski definition) is 0. The van der Waals surface area contributed by atoms with E-state index in [1.807, 2.05) is 21.1 Å². The molecule has 0 spiro atoms. The summed E-state index contributed by atoms with van der Waals surface area (Å²) in [7, 11) is 1.36. The van der Waals surface area contributed by atoms with E-state index in [1.165, 1.54) is 128 Å². The predicted molar refractivity (Wildman–Crippen MR) is 227 cm³/mol. The molecule has 0 aliphatic heterocycles. The van der Waals surface area contributed by atoms with Gasteiger partial charge in [0.15, 0.2) is 0 Å².